The molecule has 102 valence electrons. The lowest BCUT2D eigenvalue weighted by atomic mass is 9.90. The second-order valence-corrected chi connectivity index (χ2v) is 5.36. The Kier molecular flexibility index (Phi) is 4.57. The molecule has 0 radical (unpaired) electrons. The second kappa shape index (κ2) is 6.38. The molecule has 0 saturated heterocycles. The van der Waals surface area contributed by atoms with Crippen molar-refractivity contribution < 1.29 is 0 Å². The van der Waals surface area contributed by atoms with Crippen molar-refractivity contribution in [3.63, 3.8) is 0 Å². The maximum atomic E-state index is 4.05. The molecule has 0 aliphatic carbocycles. The molecule has 0 fully saturated rings. The van der Waals surface area contributed by atoms with Crippen LogP contribution in [0.5, 0.6) is 0 Å². The maximum absolute atomic E-state index is 4.05. The summed E-state index contributed by atoms with van der Waals surface area (Å²) in [6.45, 7) is 10.4. The minimum atomic E-state index is 0.930. The summed E-state index contributed by atoms with van der Waals surface area (Å²) >= 11 is 0. The Labute approximate surface area is 122 Å². The van der Waals surface area contributed by atoms with Crippen LogP contribution in [0.2, 0.25) is 0 Å². The Balaban J connectivity index is 2.54. The van der Waals surface area contributed by atoms with Gasteiger partial charge < -0.3 is 0 Å². The molecule has 0 unspecified atom stereocenters. The molecular formula is C20H22. The Hall–Kier alpha value is -2.08. The Morgan fingerprint density at radius 1 is 1.10 bits per heavy atom. The number of rotatable bonds is 4. The van der Waals surface area contributed by atoms with E-state index in [0.717, 1.165) is 6.42 Å². The molecule has 20 heavy (non-hydrogen) atoms. The first-order valence-electron chi connectivity index (χ1n) is 7.08. The average molecular weight is 262 g/mol. The standard InChI is InChI=1S/C20H22/c1-5-19(17-9-7-6-8-10-17)20-14-16(4)11-12-18(20)13-15(2)3/h5-12,14H,2,13H2,1,3-4H3/b19-5-. The van der Waals surface area contributed by atoms with E-state index in [2.05, 4.69) is 82.0 Å². The fourth-order valence-corrected chi connectivity index (χ4v) is 2.52. The van der Waals surface area contributed by atoms with Crippen LogP contribution >= 0.6 is 0 Å². The molecule has 0 N–H and O–H groups in total. The molecule has 2 aromatic rings. The van der Waals surface area contributed by atoms with Crippen LogP contribution in [0.3, 0.4) is 0 Å². The Morgan fingerprint density at radius 2 is 1.80 bits per heavy atom. The van der Waals surface area contributed by atoms with E-state index in [-0.39, 0.29) is 0 Å². The summed E-state index contributed by atoms with van der Waals surface area (Å²) in [6, 6.07) is 17.3. The quantitative estimate of drug-likeness (QED) is 0.632. The largest absolute Gasteiger partial charge is 0.0998 e. The topological polar surface area (TPSA) is 0 Å². The van der Waals surface area contributed by atoms with Crippen molar-refractivity contribution in [2.45, 2.75) is 27.2 Å². The van der Waals surface area contributed by atoms with Gasteiger partial charge in [-0.15, -0.1) is 0 Å². The molecule has 0 atom stereocenters. The summed E-state index contributed by atoms with van der Waals surface area (Å²) < 4.78 is 0. The van der Waals surface area contributed by atoms with Gasteiger partial charge in [0, 0.05) is 0 Å². The highest BCUT2D eigenvalue weighted by Crippen LogP contribution is 2.28. The number of hydrogen-bond donors (Lipinski definition) is 0. The zero-order valence-corrected chi connectivity index (χ0v) is 12.6. The van der Waals surface area contributed by atoms with Crippen molar-refractivity contribution in [1.82, 2.24) is 0 Å². The monoisotopic (exact) mass is 262 g/mol. The highest BCUT2D eigenvalue weighted by Gasteiger charge is 2.09. The lowest BCUT2D eigenvalue weighted by molar-refractivity contribution is 1.14. The average Bonchev–Trinajstić information content (AvgIpc) is 2.43. The van der Waals surface area contributed by atoms with Crippen molar-refractivity contribution in [3.05, 3.63) is 89.0 Å². The van der Waals surface area contributed by atoms with E-state index in [1.807, 2.05) is 0 Å². The van der Waals surface area contributed by atoms with Crippen LogP contribution in [0.15, 0.2) is 66.8 Å². The Bertz CT molecular complexity index is 630. The van der Waals surface area contributed by atoms with Crippen LogP contribution in [0.4, 0.5) is 0 Å². The van der Waals surface area contributed by atoms with Crippen molar-refractivity contribution in [3.8, 4) is 0 Å². The molecule has 0 heterocycles. The maximum Gasteiger partial charge on any atom is -0.00664 e. The SMILES string of the molecule is C=C(C)Cc1ccc(C)cc1/C(=C\C)c1ccccc1. The van der Waals surface area contributed by atoms with E-state index in [9.17, 15) is 0 Å². The van der Waals surface area contributed by atoms with Gasteiger partial charge in [-0.05, 0) is 49.5 Å². The molecule has 0 aromatic heterocycles. The molecule has 2 rings (SSSR count). The first kappa shape index (κ1) is 14.3. The molecule has 0 aliphatic rings. The van der Waals surface area contributed by atoms with Crippen LogP contribution in [-0.2, 0) is 6.42 Å². The van der Waals surface area contributed by atoms with Gasteiger partial charge in [0.1, 0.15) is 0 Å². The van der Waals surface area contributed by atoms with E-state index in [1.54, 1.807) is 0 Å². The van der Waals surface area contributed by atoms with E-state index in [0.29, 0.717) is 0 Å². The minimum absolute atomic E-state index is 0.930. The lowest BCUT2D eigenvalue weighted by Gasteiger charge is -2.14. The fraction of sp³-hybridized carbons (Fsp3) is 0.200. The number of allylic oxidation sites excluding steroid dienone is 2. The highest BCUT2D eigenvalue weighted by atomic mass is 14.1. The molecule has 0 heteroatoms. The smallest absolute Gasteiger partial charge is 0.00664 e. The minimum Gasteiger partial charge on any atom is -0.0998 e. The van der Waals surface area contributed by atoms with Crippen LogP contribution in [0.1, 0.15) is 36.1 Å². The molecule has 0 bridgehead atoms. The lowest BCUT2D eigenvalue weighted by Crippen LogP contribution is -1.97. The molecule has 2 aromatic carbocycles. The van der Waals surface area contributed by atoms with Crippen molar-refractivity contribution in [2.24, 2.45) is 0 Å². The highest BCUT2D eigenvalue weighted by molar-refractivity contribution is 5.81. The summed E-state index contributed by atoms with van der Waals surface area (Å²) in [5, 5.41) is 0. The van der Waals surface area contributed by atoms with Crippen molar-refractivity contribution >= 4 is 5.57 Å². The van der Waals surface area contributed by atoms with E-state index < -0.39 is 0 Å². The van der Waals surface area contributed by atoms with Gasteiger partial charge in [0.15, 0.2) is 0 Å². The number of benzene rings is 2. The normalized spacial score (nSPS) is 11.4. The van der Waals surface area contributed by atoms with E-state index in [1.165, 1.54) is 33.4 Å². The first-order chi connectivity index (χ1) is 9.61. The summed E-state index contributed by atoms with van der Waals surface area (Å²) in [6.07, 6.45) is 3.13. The third kappa shape index (κ3) is 3.27. The summed E-state index contributed by atoms with van der Waals surface area (Å²) in [7, 11) is 0. The van der Waals surface area contributed by atoms with Crippen molar-refractivity contribution in [2.75, 3.05) is 0 Å². The van der Waals surface area contributed by atoms with Gasteiger partial charge in [-0.1, -0.05) is 72.3 Å². The predicted molar refractivity (Wildman–Crippen MR) is 88.9 cm³/mol. The molecular weight excluding hydrogens is 240 g/mol. The molecule has 0 spiro atoms. The third-order valence-electron chi connectivity index (χ3n) is 3.42. The Morgan fingerprint density at radius 3 is 2.40 bits per heavy atom. The zero-order valence-electron chi connectivity index (χ0n) is 12.6. The van der Waals surface area contributed by atoms with E-state index in [4.69, 9.17) is 0 Å². The van der Waals surface area contributed by atoms with Gasteiger partial charge in [-0.25, -0.2) is 0 Å². The van der Waals surface area contributed by atoms with E-state index >= 15 is 0 Å². The summed E-state index contributed by atoms with van der Waals surface area (Å²) in [4.78, 5) is 0. The number of hydrogen-bond acceptors (Lipinski definition) is 0. The fourth-order valence-electron chi connectivity index (χ4n) is 2.52. The van der Waals surface area contributed by atoms with Gasteiger partial charge in [-0.2, -0.15) is 0 Å². The van der Waals surface area contributed by atoms with Gasteiger partial charge in [0.2, 0.25) is 0 Å². The van der Waals surface area contributed by atoms with Gasteiger partial charge in [0.25, 0.3) is 0 Å². The van der Waals surface area contributed by atoms with Crippen molar-refractivity contribution in [1.29, 1.82) is 0 Å². The van der Waals surface area contributed by atoms with Gasteiger partial charge in [0.05, 0.1) is 0 Å². The van der Waals surface area contributed by atoms with Gasteiger partial charge >= 0.3 is 0 Å². The molecule has 0 amide bonds. The number of aryl methyl sites for hydroxylation is 1. The van der Waals surface area contributed by atoms with Gasteiger partial charge in [-0.3, -0.25) is 0 Å². The molecule has 0 saturated carbocycles. The van der Waals surface area contributed by atoms with Crippen LogP contribution < -0.4 is 0 Å². The first-order valence-corrected chi connectivity index (χ1v) is 7.08. The second-order valence-electron chi connectivity index (χ2n) is 5.36. The van der Waals surface area contributed by atoms with Crippen LogP contribution in [0, 0.1) is 6.92 Å². The summed E-state index contributed by atoms with van der Waals surface area (Å²) in [5.74, 6) is 0. The molecule has 0 aliphatic heterocycles. The van der Waals surface area contributed by atoms with Crippen LogP contribution in [0.25, 0.3) is 5.57 Å². The van der Waals surface area contributed by atoms with Crippen LogP contribution in [-0.4, -0.2) is 0 Å². The molecule has 0 nitrogen and oxygen atoms in total. The zero-order chi connectivity index (χ0) is 14.5. The predicted octanol–water partition coefficient (Wildman–Crippen LogP) is 5.57. The third-order valence-corrected chi connectivity index (χ3v) is 3.42. The summed E-state index contributed by atoms with van der Waals surface area (Å²) in [5.41, 5.74) is 7.72.